The molecule has 3 aromatic carbocycles. The molecule has 8 nitrogen and oxygen atoms in total. The number of thioether (sulfide) groups is 1. The molecule has 0 unspecified atom stereocenters. The van der Waals surface area contributed by atoms with E-state index in [1.807, 2.05) is 38.1 Å². The predicted octanol–water partition coefficient (Wildman–Crippen LogP) is 5.52. The minimum atomic E-state index is -0.537. The number of hydrogen-bond acceptors (Lipinski definition) is 7. The van der Waals surface area contributed by atoms with Crippen molar-refractivity contribution >= 4 is 40.6 Å². The lowest BCUT2D eigenvalue weighted by Crippen LogP contribution is -2.36. The maximum Gasteiger partial charge on any atom is 0.294 e. The summed E-state index contributed by atoms with van der Waals surface area (Å²) in [6.07, 6.45) is 1.58. The summed E-state index contributed by atoms with van der Waals surface area (Å²) in [7, 11) is 0. The number of anilines is 1. The largest absolute Gasteiger partial charge is 0.490 e. The van der Waals surface area contributed by atoms with E-state index >= 15 is 0 Å². The highest BCUT2D eigenvalue weighted by Gasteiger charge is 2.36. The molecule has 1 N–H and O–H groups in total. The molecule has 0 bridgehead atoms. The normalized spacial score (nSPS) is 13.9. The van der Waals surface area contributed by atoms with Gasteiger partial charge in [-0.05, 0) is 67.6 Å². The number of ether oxygens (including phenoxy) is 2. The number of aryl methyl sites for hydroxylation is 1. The lowest BCUT2D eigenvalue weighted by Gasteiger charge is -2.13. The first kappa shape index (κ1) is 26.5. The van der Waals surface area contributed by atoms with Crippen LogP contribution in [0.15, 0.2) is 71.6 Å². The summed E-state index contributed by atoms with van der Waals surface area (Å²) in [5.41, 5.74) is 3.56. The topological polar surface area (TPSA) is 109 Å². The molecule has 0 aliphatic carbocycles. The fourth-order valence-corrected chi connectivity index (χ4v) is 4.52. The Bertz CT molecular complexity index is 1440. The number of nitrogens with zero attached hydrogens (tertiary/aromatic N) is 2. The molecule has 3 aromatic rings. The smallest absolute Gasteiger partial charge is 0.294 e. The van der Waals surface area contributed by atoms with Crippen molar-refractivity contribution in [2.45, 2.75) is 20.5 Å². The molecule has 0 spiro atoms. The first-order valence-electron chi connectivity index (χ1n) is 11.9. The van der Waals surface area contributed by atoms with Crippen molar-refractivity contribution in [3.05, 3.63) is 93.9 Å². The van der Waals surface area contributed by atoms with Crippen LogP contribution in [0.25, 0.3) is 6.08 Å². The van der Waals surface area contributed by atoms with Gasteiger partial charge in [0.1, 0.15) is 13.2 Å². The number of hydrogen-bond donors (Lipinski definition) is 1. The summed E-state index contributed by atoms with van der Waals surface area (Å²) in [5.74, 6) is -0.0500. The average molecular weight is 528 g/mol. The van der Waals surface area contributed by atoms with Gasteiger partial charge in [0.25, 0.3) is 11.1 Å². The van der Waals surface area contributed by atoms with Gasteiger partial charge >= 0.3 is 0 Å². The molecule has 9 heteroatoms. The first-order valence-corrected chi connectivity index (χ1v) is 12.7. The van der Waals surface area contributed by atoms with Crippen molar-refractivity contribution in [2.75, 3.05) is 18.5 Å². The molecule has 0 aromatic heterocycles. The molecule has 0 saturated carbocycles. The zero-order chi connectivity index (χ0) is 27.1. The third-order valence-electron chi connectivity index (χ3n) is 5.60. The lowest BCUT2D eigenvalue weighted by atomic mass is 10.1. The van der Waals surface area contributed by atoms with Crippen LogP contribution in [0.2, 0.25) is 0 Å². The second kappa shape index (κ2) is 12.1. The van der Waals surface area contributed by atoms with E-state index < -0.39 is 17.1 Å². The van der Waals surface area contributed by atoms with Gasteiger partial charge in [0.15, 0.2) is 11.5 Å². The Hall–Kier alpha value is -4.55. The molecule has 1 heterocycles. The highest BCUT2D eigenvalue weighted by Crippen LogP contribution is 2.35. The number of nitriles is 1. The first-order chi connectivity index (χ1) is 18.4. The van der Waals surface area contributed by atoms with Crippen LogP contribution in [0.3, 0.4) is 0 Å². The van der Waals surface area contributed by atoms with Crippen LogP contribution in [-0.2, 0) is 16.2 Å². The monoisotopic (exact) mass is 527 g/mol. The summed E-state index contributed by atoms with van der Waals surface area (Å²) >= 11 is 0.778. The Morgan fingerprint density at radius 2 is 1.82 bits per heavy atom. The van der Waals surface area contributed by atoms with Gasteiger partial charge < -0.3 is 14.8 Å². The Morgan fingerprint density at radius 3 is 2.55 bits per heavy atom. The van der Waals surface area contributed by atoms with Crippen LogP contribution in [0.4, 0.5) is 10.5 Å². The number of amides is 3. The van der Waals surface area contributed by atoms with Crippen LogP contribution >= 0.6 is 11.8 Å². The maximum atomic E-state index is 12.9. The Balaban J connectivity index is 1.45. The molecule has 1 aliphatic rings. The van der Waals surface area contributed by atoms with E-state index in [2.05, 4.69) is 11.4 Å². The van der Waals surface area contributed by atoms with Crippen molar-refractivity contribution in [3.8, 4) is 17.6 Å². The van der Waals surface area contributed by atoms with Crippen LogP contribution in [-0.4, -0.2) is 35.1 Å². The molecule has 1 saturated heterocycles. The third kappa shape index (κ3) is 6.41. The van der Waals surface area contributed by atoms with E-state index in [9.17, 15) is 19.6 Å². The Morgan fingerprint density at radius 1 is 1.05 bits per heavy atom. The average Bonchev–Trinajstić information content (AvgIpc) is 3.17. The molecule has 3 amide bonds. The summed E-state index contributed by atoms with van der Waals surface area (Å²) in [4.78, 5) is 39.0. The molecule has 1 fully saturated rings. The molecule has 38 heavy (non-hydrogen) atoms. The van der Waals surface area contributed by atoms with E-state index in [4.69, 9.17) is 9.47 Å². The minimum Gasteiger partial charge on any atom is -0.490 e. The fourth-order valence-electron chi connectivity index (χ4n) is 3.68. The van der Waals surface area contributed by atoms with Crippen molar-refractivity contribution in [3.63, 3.8) is 0 Å². The summed E-state index contributed by atoms with van der Waals surface area (Å²) in [6, 6.07) is 21.7. The van der Waals surface area contributed by atoms with E-state index in [1.54, 1.807) is 48.5 Å². The number of rotatable bonds is 9. The third-order valence-corrected chi connectivity index (χ3v) is 6.50. The molecular formula is C29H25N3O5S. The van der Waals surface area contributed by atoms with Gasteiger partial charge in [-0.15, -0.1) is 0 Å². The zero-order valence-electron chi connectivity index (χ0n) is 20.9. The molecule has 1 aliphatic heterocycles. The van der Waals surface area contributed by atoms with Crippen LogP contribution < -0.4 is 14.8 Å². The molecule has 0 atom stereocenters. The molecular weight excluding hydrogens is 502 g/mol. The number of carbonyl (C=O) groups is 3. The number of nitrogens with one attached hydrogen (secondary N) is 1. The highest BCUT2D eigenvalue weighted by atomic mass is 32.2. The number of imide groups is 1. The number of carbonyl (C=O) groups excluding carboxylic acids is 3. The van der Waals surface area contributed by atoms with Crippen molar-refractivity contribution in [1.82, 2.24) is 4.90 Å². The SMILES string of the molecule is CCOc1cc(/C=C2/SC(=O)N(CC(=O)Nc3ccc(C)cc3)C2=O)ccc1OCc1ccccc1C#N. The fraction of sp³-hybridized carbons (Fsp3) is 0.172. The number of benzene rings is 3. The molecule has 192 valence electrons. The van der Waals surface area contributed by atoms with Gasteiger partial charge in [-0.25, -0.2) is 0 Å². The van der Waals surface area contributed by atoms with Gasteiger partial charge in [0, 0.05) is 11.3 Å². The van der Waals surface area contributed by atoms with Crippen LogP contribution in [0.5, 0.6) is 11.5 Å². The van der Waals surface area contributed by atoms with Crippen molar-refractivity contribution < 1.29 is 23.9 Å². The van der Waals surface area contributed by atoms with Gasteiger partial charge in [0.05, 0.1) is 23.1 Å². The highest BCUT2D eigenvalue weighted by molar-refractivity contribution is 8.18. The lowest BCUT2D eigenvalue weighted by molar-refractivity contribution is -0.127. The minimum absolute atomic E-state index is 0.187. The molecule has 4 rings (SSSR count). The zero-order valence-corrected chi connectivity index (χ0v) is 21.7. The summed E-state index contributed by atoms with van der Waals surface area (Å²) < 4.78 is 11.7. The summed E-state index contributed by atoms with van der Waals surface area (Å²) in [6.45, 7) is 3.98. The van der Waals surface area contributed by atoms with E-state index in [0.29, 0.717) is 34.9 Å². The Kier molecular flexibility index (Phi) is 8.46. The second-order valence-corrected chi connectivity index (χ2v) is 9.37. The van der Waals surface area contributed by atoms with Crippen LogP contribution in [0.1, 0.15) is 29.2 Å². The van der Waals surface area contributed by atoms with E-state index in [-0.39, 0.29) is 18.1 Å². The van der Waals surface area contributed by atoms with Gasteiger partial charge in [0.2, 0.25) is 5.91 Å². The van der Waals surface area contributed by atoms with Gasteiger partial charge in [-0.1, -0.05) is 42.0 Å². The van der Waals surface area contributed by atoms with Crippen molar-refractivity contribution in [2.24, 2.45) is 0 Å². The van der Waals surface area contributed by atoms with Gasteiger partial charge in [-0.2, -0.15) is 5.26 Å². The predicted molar refractivity (Wildman–Crippen MR) is 146 cm³/mol. The molecule has 0 radical (unpaired) electrons. The van der Waals surface area contributed by atoms with Crippen LogP contribution in [0, 0.1) is 18.3 Å². The van der Waals surface area contributed by atoms with E-state index in [1.165, 1.54) is 0 Å². The van der Waals surface area contributed by atoms with Gasteiger partial charge in [-0.3, -0.25) is 19.3 Å². The van der Waals surface area contributed by atoms with Crippen molar-refractivity contribution in [1.29, 1.82) is 5.26 Å². The standard InChI is InChI=1S/C29H25N3O5S/c1-3-36-25-14-20(10-13-24(25)37-18-22-7-5-4-6-21(22)16-30)15-26-28(34)32(29(35)38-26)17-27(33)31-23-11-8-19(2)9-12-23/h4-15H,3,17-18H2,1-2H3,(H,31,33)/b26-15+. The quantitative estimate of drug-likeness (QED) is 0.365. The summed E-state index contributed by atoms with van der Waals surface area (Å²) in [5, 5.41) is 11.5. The second-order valence-electron chi connectivity index (χ2n) is 8.38. The maximum absolute atomic E-state index is 12.9. The Labute approximate surface area is 224 Å². The van der Waals surface area contributed by atoms with E-state index in [0.717, 1.165) is 27.8 Å².